The largest absolute Gasteiger partial charge is 0.396 e. The Morgan fingerprint density at radius 2 is 2.27 bits per heavy atom. The van der Waals surface area contributed by atoms with Gasteiger partial charge in [-0.3, -0.25) is 4.98 Å². The van der Waals surface area contributed by atoms with E-state index in [4.69, 9.17) is 5.73 Å². The van der Waals surface area contributed by atoms with E-state index in [1.807, 2.05) is 6.07 Å². The minimum Gasteiger partial charge on any atom is -0.396 e. The molecule has 0 spiro atoms. The monoisotopic (exact) mass is 207 g/mol. The summed E-state index contributed by atoms with van der Waals surface area (Å²) in [4.78, 5) is 3.96. The lowest BCUT2D eigenvalue weighted by atomic mass is 10.1. The van der Waals surface area contributed by atoms with Crippen molar-refractivity contribution in [3.05, 3.63) is 18.5 Å². The summed E-state index contributed by atoms with van der Waals surface area (Å²) in [5.74, 6) is 0. The van der Waals surface area contributed by atoms with Gasteiger partial charge in [-0.05, 0) is 19.4 Å². The fraction of sp³-hybridized carbons (Fsp3) is 0.583. The zero-order valence-corrected chi connectivity index (χ0v) is 9.66. The smallest absolute Gasteiger partial charge is 0.0736 e. The van der Waals surface area contributed by atoms with Crippen molar-refractivity contribution in [3.8, 4) is 0 Å². The lowest BCUT2D eigenvalue weighted by Crippen LogP contribution is -2.15. The van der Waals surface area contributed by atoms with Gasteiger partial charge in [0.25, 0.3) is 0 Å². The molecule has 3 nitrogen and oxygen atoms in total. The Morgan fingerprint density at radius 1 is 1.47 bits per heavy atom. The minimum absolute atomic E-state index is 0.473. The molecule has 0 aliphatic carbocycles. The van der Waals surface area contributed by atoms with E-state index in [1.165, 1.54) is 25.7 Å². The van der Waals surface area contributed by atoms with Crippen molar-refractivity contribution in [1.82, 2.24) is 4.98 Å². The first-order valence-corrected chi connectivity index (χ1v) is 5.70. The number of nitrogens with one attached hydrogen (secondary N) is 1. The third kappa shape index (κ3) is 4.19. The molecule has 3 N–H and O–H groups in total. The molecule has 0 saturated heterocycles. The SMILES string of the molecule is CCCCCC(C)Nc1ccncc1N. The topological polar surface area (TPSA) is 50.9 Å². The van der Waals surface area contributed by atoms with E-state index in [0.29, 0.717) is 6.04 Å². The van der Waals surface area contributed by atoms with E-state index < -0.39 is 0 Å². The van der Waals surface area contributed by atoms with Crippen LogP contribution >= 0.6 is 0 Å². The van der Waals surface area contributed by atoms with Crippen molar-refractivity contribution >= 4 is 11.4 Å². The van der Waals surface area contributed by atoms with Crippen LogP contribution in [0.2, 0.25) is 0 Å². The van der Waals surface area contributed by atoms with Gasteiger partial charge in [-0.2, -0.15) is 0 Å². The normalized spacial score (nSPS) is 12.4. The van der Waals surface area contributed by atoms with Gasteiger partial charge in [0.15, 0.2) is 0 Å². The van der Waals surface area contributed by atoms with Crippen LogP contribution in [0.25, 0.3) is 0 Å². The number of nitrogen functional groups attached to an aromatic ring is 1. The predicted molar refractivity (Wildman–Crippen MR) is 65.9 cm³/mol. The van der Waals surface area contributed by atoms with E-state index >= 15 is 0 Å². The van der Waals surface area contributed by atoms with Crippen LogP contribution in [0.3, 0.4) is 0 Å². The summed E-state index contributed by atoms with van der Waals surface area (Å²) in [5, 5.41) is 3.40. The van der Waals surface area contributed by atoms with E-state index in [2.05, 4.69) is 24.1 Å². The Hall–Kier alpha value is -1.25. The molecule has 0 fully saturated rings. The number of nitrogens with two attached hydrogens (primary N) is 1. The molecule has 1 aromatic heterocycles. The second-order valence-corrected chi connectivity index (χ2v) is 4.00. The highest BCUT2D eigenvalue weighted by Gasteiger charge is 2.03. The molecule has 1 aromatic rings. The number of nitrogens with zero attached hydrogens (tertiary/aromatic N) is 1. The lowest BCUT2D eigenvalue weighted by molar-refractivity contribution is 0.615. The second kappa shape index (κ2) is 6.27. The molecule has 1 heterocycles. The minimum atomic E-state index is 0.473. The van der Waals surface area contributed by atoms with Crippen molar-refractivity contribution in [3.63, 3.8) is 0 Å². The van der Waals surface area contributed by atoms with E-state index in [9.17, 15) is 0 Å². The Bertz CT molecular complexity index is 286. The van der Waals surface area contributed by atoms with Crippen LogP contribution in [-0.4, -0.2) is 11.0 Å². The summed E-state index contributed by atoms with van der Waals surface area (Å²) in [7, 11) is 0. The molecule has 1 atom stereocenters. The highest BCUT2D eigenvalue weighted by atomic mass is 14.9. The van der Waals surface area contributed by atoms with Crippen LogP contribution < -0.4 is 11.1 Å². The summed E-state index contributed by atoms with van der Waals surface area (Å²) in [6.07, 6.45) is 8.48. The van der Waals surface area contributed by atoms with Crippen molar-refractivity contribution in [2.45, 2.75) is 45.6 Å². The van der Waals surface area contributed by atoms with Gasteiger partial charge in [0.05, 0.1) is 17.6 Å². The first-order chi connectivity index (χ1) is 7.24. The fourth-order valence-corrected chi connectivity index (χ4v) is 1.58. The molecule has 0 bridgehead atoms. The van der Waals surface area contributed by atoms with E-state index in [0.717, 1.165) is 11.4 Å². The summed E-state index contributed by atoms with van der Waals surface area (Å²) in [5.41, 5.74) is 7.52. The molecule has 1 unspecified atom stereocenters. The Morgan fingerprint density at radius 3 is 2.93 bits per heavy atom. The fourth-order valence-electron chi connectivity index (χ4n) is 1.58. The Kier molecular flexibility index (Phi) is 4.95. The number of hydrogen-bond donors (Lipinski definition) is 2. The van der Waals surface area contributed by atoms with Crippen molar-refractivity contribution in [2.24, 2.45) is 0 Å². The third-order valence-corrected chi connectivity index (χ3v) is 2.49. The number of unbranched alkanes of at least 4 members (excludes halogenated alkanes) is 2. The number of pyridine rings is 1. The molecule has 3 heteroatoms. The van der Waals surface area contributed by atoms with Crippen LogP contribution in [0.4, 0.5) is 11.4 Å². The van der Waals surface area contributed by atoms with Crippen LogP contribution in [0.5, 0.6) is 0 Å². The first kappa shape index (κ1) is 11.8. The van der Waals surface area contributed by atoms with Crippen LogP contribution in [-0.2, 0) is 0 Å². The maximum Gasteiger partial charge on any atom is 0.0736 e. The van der Waals surface area contributed by atoms with Gasteiger partial charge in [0.2, 0.25) is 0 Å². The zero-order chi connectivity index (χ0) is 11.1. The highest BCUT2D eigenvalue weighted by Crippen LogP contribution is 2.17. The molecule has 0 aromatic carbocycles. The van der Waals surface area contributed by atoms with Crippen molar-refractivity contribution in [2.75, 3.05) is 11.1 Å². The van der Waals surface area contributed by atoms with Gasteiger partial charge < -0.3 is 11.1 Å². The summed E-state index contributed by atoms with van der Waals surface area (Å²) in [6, 6.07) is 2.40. The quantitative estimate of drug-likeness (QED) is 0.705. The lowest BCUT2D eigenvalue weighted by Gasteiger charge is -2.16. The standard InChI is InChI=1S/C12H21N3/c1-3-4-5-6-10(2)15-12-7-8-14-9-11(12)13/h7-10H,3-6,13H2,1-2H3,(H,14,15). The van der Waals surface area contributed by atoms with E-state index in [1.54, 1.807) is 12.4 Å². The highest BCUT2D eigenvalue weighted by molar-refractivity contribution is 5.64. The van der Waals surface area contributed by atoms with Gasteiger partial charge in [-0.1, -0.05) is 26.2 Å². The number of aromatic nitrogens is 1. The van der Waals surface area contributed by atoms with Crippen LogP contribution in [0, 0.1) is 0 Å². The summed E-state index contributed by atoms with van der Waals surface area (Å²) >= 11 is 0. The van der Waals surface area contributed by atoms with Gasteiger partial charge >= 0.3 is 0 Å². The molecule has 0 saturated carbocycles. The second-order valence-electron chi connectivity index (χ2n) is 4.00. The van der Waals surface area contributed by atoms with Gasteiger partial charge in [0, 0.05) is 12.2 Å². The molecule has 0 amide bonds. The average molecular weight is 207 g/mol. The van der Waals surface area contributed by atoms with Gasteiger partial charge in [0.1, 0.15) is 0 Å². The van der Waals surface area contributed by atoms with Crippen molar-refractivity contribution in [1.29, 1.82) is 0 Å². The molecular formula is C12H21N3. The zero-order valence-electron chi connectivity index (χ0n) is 9.66. The average Bonchev–Trinajstić information content (AvgIpc) is 2.22. The maximum absolute atomic E-state index is 5.80. The van der Waals surface area contributed by atoms with E-state index in [-0.39, 0.29) is 0 Å². The molecule has 84 valence electrons. The number of anilines is 2. The molecular weight excluding hydrogens is 186 g/mol. The third-order valence-electron chi connectivity index (χ3n) is 2.49. The number of hydrogen-bond acceptors (Lipinski definition) is 3. The Balaban J connectivity index is 2.37. The summed E-state index contributed by atoms with van der Waals surface area (Å²) < 4.78 is 0. The molecule has 0 aliphatic heterocycles. The number of rotatable bonds is 6. The van der Waals surface area contributed by atoms with Crippen LogP contribution in [0.15, 0.2) is 18.5 Å². The molecule has 15 heavy (non-hydrogen) atoms. The molecule has 0 aliphatic rings. The maximum atomic E-state index is 5.80. The first-order valence-electron chi connectivity index (χ1n) is 5.70. The van der Waals surface area contributed by atoms with Crippen molar-refractivity contribution < 1.29 is 0 Å². The molecule has 0 radical (unpaired) electrons. The van der Waals surface area contributed by atoms with Crippen LogP contribution in [0.1, 0.15) is 39.5 Å². The Labute approximate surface area is 92.1 Å². The van der Waals surface area contributed by atoms with Gasteiger partial charge in [-0.15, -0.1) is 0 Å². The summed E-state index contributed by atoms with van der Waals surface area (Å²) in [6.45, 7) is 4.41. The predicted octanol–water partition coefficient (Wildman–Crippen LogP) is 3.04. The van der Waals surface area contributed by atoms with Gasteiger partial charge in [-0.25, -0.2) is 0 Å². The molecule has 1 rings (SSSR count).